The molecule has 0 heterocycles. The van der Waals surface area contributed by atoms with Gasteiger partial charge in [0.25, 0.3) is 0 Å². The Labute approximate surface area is 146 Å². The average molecular weight is 356 g/mol. The summed E-state index contributed by atoms with van der Waals surface area (Å²) in [5.74, 6) is -5.60. The first-order valence-corrected chi connectivity index (χ1v) is 7.10. The zero-order chi connectivity index (χ0) is 19.4. The van der Waals surface area contributed by atoms with Crippen LogP contribution in [0.4, 0.5) is 0 Å². The van der Waals surface area contributed by atoms with Gasteiger partial charge in [0.2, 0.25) is 0 Å². The standard InChI is InChI=1S/C18H12O8/c19-15(20)10-4-1-9(2-5-10)3-6-11-12(16(21)22)7-8-13(17(23)24)14(11)18(25)26/h1-8H,(H,19,20)(H,21,22)(H,23,24)(H,25,26)/b6-3-. The van der Waals surface area contributed by atoms with E-state index < -0.39 is 35.0 Å². The Hall–Kier alpha value is -3.94. The molecule has 132 valence electrons. The molecule has 2 rings (SSSR count). The Morgan fingerprint density at radius 3 is 1.62 bits per heavy atom. The van der Waals surface area contributed by atoms with E-state index in [1.165, 1.54) is 36.4 Å². The Balaban J connectivity index is 2.60. The van der Waals surface area contributed by atoms with Crippen molar-refractivity contribution >= 4 is 36.0 Å². The summed E-state index contributed by atoms with van der Waals surface area (Å²) in [6, 6.07) is 7.49. The Kier molecular flexibility index (Phi) is 5.17. The van der Waals surface area contributed by atoms with Crippen molar-refractivity contribution in [3.8, 4) is 0 Å². The minimum absolute atomic E-state index is 0.0486. The number of carboxylic acids is 4. The van der Waals surface area contributed by atoms with E-state index >= 15 is 0 Å². The van der Waals surface area contributed by atoms with Gasteiger partial charge in [0.15, 0.2) is 0 Å². The molecule has 0 aliphatic rings. The van der Waals surface area contributed by atoms with E-state index in [4.69, 9.17) is 10.2 Å². The highest BCUT2D eigenvalue weighted by molar-refractivity contribution is 6.08. The van der Waals surface area contributed by atoms with Crippen LogP contribution < -0.4 is 0 Å². The average Bonchev–Trinajstić information content (AvgIpc) is 2.58. The molecule has 0 saturated heterocycles. The molecule has 0 aliphatic heterocycles. The molecule has 0 fully saturated rings. The molecule has 2 aromatic carbocycles. The van der Waals surface area contributed by atoms with Gasteiger partial charge in [0.1, 0.15) is 0 Å². The third-order valence-electron chi connectivity index (χ3n) is 3.52. The van der Waals surface area contributed by atoms with Gasteiger partial charge in [0.05, 0.1) is 22.3 Å². The van der Waals surface area contributed by atoms with E-state index in [2.05, 4.69) is 0 Å². The summed E-state index contributed by atoms with van der Waals surface area (Å²) in [6.07, 6.45) is 2.54. The van der Waals surface area contributed by atoms with Crippen molar-refractivity contribution in [1.29, 1.82) is 0 Å². The van der Waals surface area contributed by atoms with E-state index in [0.29, 0.717) is 5.56 Å². The molecule has 0 unspecified atom stereocenters. The van der Waals surface area contributed by atoms with Crippen molar-refractivity contribution in [2.75, 3.05) is 0 Å². The Morgan fingerprint density at radius 1 is 0.615 bits per heavy atom. The first-order valence-electron chi connectivity index (χ1n) is 7.10. The fourth-order valence-corrected chi connectivity index (χ4v) is 2.30. The molecule has 0 spiro atoms. The predicted octanol–water partition coefficient (Wildman–Crippen LogP) is 2.65. The van der Waals surface area contributed by atoms with Crippen LogP contribution in [0, 0.1) is 0 Å². The van der Waals surface area contributed by atoms with Crippen molar-refractivity contribution in [1.82, 2.24) is 0 Å². The number of hydrogen-bond acceptors (Lipinski definition) is 4. The molecule has 0 saturated carbocycles. The summed E-state index contributed by atoms with van der Waals surface area (Å²) >= 11 is 0. The maximum Gasteiger partial charge on any atom is 0.337 e. The van der Waals surface area contributed by atoms with Crippen LogP contribution in [-0.4, -0.2) is 44.3 Å². The van der Waals surface area contributed by atoms with Crippen LogP contribution in [0.2, 0.25) is 0 Å². The Bertz CT molecular complexity index is 938. The monoisotopic (exact) mass is 356 g/mol. The van der Waals surface area contributed by atoms with Gasteiger partial charge in [-0.2, -0.15) is 0 Å². The third kappa shape index (κ3) is 3.75. The highest BCUT2D eigenvalue weighted by Gasteiger charge is 2.24. The van der Waals surface area contributed by atoms with Gasteiger partial charge in [-0.25, -0.2) is 19.2 Å². The quantitative estimate of drug-likeness (QED) is 0.577. The molecule has 0 bridgehead atoms. The summed E-state index contributed by atoms with van der Waals surface area (Å²) < 4.78 is 0. The molecule has 0 atom stereocenters. The van der Waals surface area contributed by atoms with Gasteiger partial charge < -0.3 is 20.4 Å². The number of carbonyl (C=O) groups is 4. The fourth-order valence-electron chi connectivity index (χ4n) is 2.30. The highest BCUT2D eigenvalue weighted by Crippen LogP contribution is 2.23. The number of carboxylic acid groups (broad SMARTS) is 4. The number of hydrogen-bond donors (Lipinski definition) is 4. The lowest BCUT2D eigenvalue weighted by atomic mass is 9.94. The molecule has 0 aliphatic carbocycles. The summed E-state index contributed by atoms with van der Waals surface area (Å²) in [7, 11) is 0. The number of aromatic carboxylic acids is 4. The van der Waals surface area contributed by atoms with Crippen LogP contribution >= 0.6 is 0 Å². The fraction of sp³-hybridized carbons (Fsp3) is 0. The second-order valence-corrected chi connectivity index (χ2v) is 5.13. The van der Waals surface area contributed by atoms with Gasteiger partial charge in [-0.1, -0.05) is 24.3 Å². The molecule has 0 aromatic heterocycles. The highest BCUT2D eigenvalue weighted by atomic mass is 16.4. The van der Waals surface area contributed by atoms with Crippen molar-refractivity contribution in [2.24, 2.45) is 0 Å². The van der Waals surface area contributed by atoms with Crippen molar-refractivity contribution in [3.63, 3.8) is 0 Å². The molecule has 8 heteroatoms. The van der Waals surface area contributed by atoms with Crippen LogP contribution in [0.25, 0.3) is 12.2 Å². The van der Waals surface area contributed by atoms with Crippen LogP contribution in [0.15, 0.2) is 36.4 Å². The van der Waals surface area contributed by atoms with E-state index in [1.54, 1.807) is 0 Å². The van der Waals surface area contributed by atoms with E-state index in [1.807, 2.05) is 0 Å². The molecule has 0 amide bonds. The minimum atomic E-state index is -1.58. The molecule has 4 N–H and O–H groups in total. The second kappa shape index (κ2) is 7.31. The van der Waals surface area contributed by atoms with Crippen LogP contribution in [0.3, 0.4) is 0 Å². The molecular formula is C18H12O8. The number of benzene rings is 2. The van der Waals surface area contributed by atoms with Gasteiger partial charge in [0, 0.05) is 5.56 Å². The first kappa shape index (κ1) is 18.4. The molecule has 0 radical (unpaired) electrons. The van der Waals surface area contributed by atoms with Gasteiger partial charge in [-0.05, 0) is 29.8 Å². The normalized spacial score (nSPS) is 10.6. The van der Waals surface area contributed by atoms with Gasteiger partial charge in [-0.3, -0.25) is 0 Å². The summed E-state index contributed by atoms with van der Waals surface area (Å²) in [5.41, 5.74) is -1.30. The molecule has 8 nitrogen and oxygen atoms in total. The van der Waals surface area contributed by atoms with E-state index in [9.17, 15) is 29.4 Å². The summed E-state index contributed by atoms with van der Waals surface area (Å²) in [6.45, 7) is 0. The van der Waals surface area contributed by atoms with Crippen molar-refractivity contribution in [2.45, 2.75) is 0 Å². The first-order chi connectivity index (χ1) is 12.2. The van der Waals surface area contributed by atoms with E-state index in [0.717, 1.165) is 12.1 Å². The van der Waals surface area contributed by atoms with Crippen LogP contribution in [-0.2, 0) is 0 Å². The van der Waals surface area contributed by atoms with Crippen LogP contribution in [0.5, 0.6) is 0 Å². The van der Waals surface area contributed by atoms with Crippen molar-refractivity contribution in [3.05, 3.63) is 69.8 Å². The zero-order valence-corrected chi connectivity index (χ0v) is 13.0. The topological polar surface area (TPSA) is 149 Å². The van der Waals surface area contributed by atoms with Gasteiger partial charge >= 0.3 is 23.9 Å². The van der Waals surface area contributed by atoms with Crippen molar-refractivity contribution < 1.29 is 39.6 Å². The smallest absolute Gasteiger partial charge is 0.337 e. The Morgan fingerprint density at radius 2 is 1.15 bits per heavy atom. The lowest BCUT2D eigenvalue weighted by Gasteiger charge is -2.09. The summed E-state index contributed by atoms with van der Waals surface area (Å²) in [5, 5.41) is 36.6. The van der Waals surface area contributed by atoms with Crippen LogP contribution in [0.1, 0.15) is 52.6 Å². The lowest BCUT2D eigenvalue weighted by Crippen LogP contribution is -2.13. The van der Waals surface area contributed by atoms with E-state index in [-0.39, 0.29) is 16.7 Å². The third-order valence-corrected chi connectivity index (χ3v) is 3.52. The summed E-state index contributed by atoms with van der Waals surface area (Å²) in [4.78, 5) is 44.9. The zero-order valence-electron chi connectivity index (χ0n) is 13.0. The molecular weight excluding hydrogens is 344 g/mol. The minimum Gasteiger partial charge on any atom is -0.478 e. The SMILES string of the molecule is O=C(O)c1ccc(/C=C\c2c(C(=O)O)ccc(C(=O)O)c2C(=O)O)cc1. The molecule has 2 aromatic rings. The van der Waals surface area contributed by atoms with Gasteiger partial charge in [-0.15, -0.1) is 0 Å². The largest absolute Gasteiger partial charge is 0.478 e. The second-order valence-electron chi connectivity index (χ2n) is 5.13. The maximum atomic E-state index is 11.5. The predicted molar refractivity (Wildman–Crippen MR) is 89.6 cm³/mol. The lowest BCUT2D eigenvalue weighted by molar-refractivity contribution is 0.0649. The molecule has 26 heavy (non-hydrogen) atoms. The number of rotatable bonds is 6. The maximum absolute atomic E-state index is 11.5.